The molecular formula is C8H8LiN. The smallest absolute Gasteiger partial charge is 0.199 e. The van der Waals surface area contributed by atoms with Crippen molar-refractivity contribution < 1.29 is 18.9 Å². The van der Waals surface area contributed by atoms with E-state index in [0.717, 1.165) is 0 Å². The summed E-state index contributed by atoms with van der Waals surface area (Å²) in [6.45, 7) is 1.43. The Hall–Kier alpha value is -0.693. The normalized spacial score (nSPS) is 5.60. The zero-order valence-corrected chi connectivity index (χ0v) is 6.33. The molecule has 0 N–H and O–H groups in total. The van der Waals surface area contributed by atoms with E-state index in [-0.39, 0.29) is 18.9 Å². The summed E-state index contributed by atoms with van der Waals surface area (Å²) in [5.41, 5.74) is 0. The van der Waals surface area contributed by atoms with Crippen LogP contribution in [0.1, 0.15) is 6.92 Å². The maximum absolute atomic E-state index is 7.32. The Morgan fingerprint density at radius 3 is 1.70 bits per heavy atom. The Balaban J connectivity index is 0. The van der Waals surface area contributed by atoms with Crippen molar-refractivity contribution in [1.82, 2.24) is 0 Å². The first-order valence-corrected chi connectivity index (χ1v) is 2.63. The van der Waals surface area contributed by atoms with Crippen LogP contribution in [0.3, 0.4) is 0 Å². The van der Waals surface area contributed by atoms with Gasteiger partial charge in [-0.2, -0.15) is 41.7 Å². The molecule has 0 aromatic heterocycles. The standard InChI is InChI=1S/C6H5.C2H3N.Li/c1-2-4-6-5-3-1;1-2-3;/h1-5H;1H3;/q-1;;+1. The van der Waals surface area contributed by atoms with Gasteiger partial charge in [-0.25, -0.2) is 0 Å². The quantitative estimate of drug-likeness (QED) is 0.323. The zero-order valence-electron chi connectivity index (χ0n) is 6.33. The molecule has 46 valence electrons. The molecule has 0 aliphatic rings. The second kappa shape index (κ2) is 11.2. The van der Waals surface area contributed by atoms with Gasteiger partial charge in [0, 0.05) is 6.92 Å². The molecule has 0 aliphatic carbocycles. The van der Waals surface area contributed by atoms with Crippen LogP contribution in [0.5, 0.6) is 0 Å². The van der Waals surface area contributed by atoms with E-state index in [4.69, 9.17) is 5.26 Å². The van der Waals surface area contributed by atoms with Gasteiger partial charge in [0.15, 0.2) is 0 Å². The Morgan fingerprint density at radius 1 is 1.20 bits per heavy atom. The summed E-state index contributed by atoms with van der Waals surface area (Å²) in [6.07, 6.45) is 0. The number of hydrogen-bond acceptors (Lipinski definition) is 1. The summed E-state index contributed by atoms with van der Waals surface area (Å²) in [5.74, 6) is 0. The molecule has 0 fully saturated rings. The molecule has 0 aliphatic heterocycles. The van der Waals surface area contributed by atoms with E-state index in [0.29, 0.717) is 0 Å². The Morgan fingerprint density at radius 2 is 1.60 bits per heavy atom. The molecule has 0 unspecified atom stereocenters. The van der Waals surface area contributed by atoms with Gasteiger partial charge >= 0.3 is 18.9 Å². The van der Waals surface area contributed by atoms with Crippen LogP contribution in [0.2, 0.25) is 0 Å². The second-order valence-electron chi connectivity index (χ2n) is 1.30. The Labute approximate surface area is 73.9 Å². The van der Waals surface area contributed by atoms with Crippen molar-refractivity contribution in [2.45, 2.75) is 6.92 Å². The van der Waals surface area contributed by atoms with Gasteiger partial charge in [0.05, 0.1) is 6.07 Å². The Bertz CT molecular complexity index is 140. The predicted octanol–water partition coefficient (Wildman–Crippen LogP) is -0.979. The third-order valence-corrected chi connectivity index (χ3v) is 0.607. The van der Waals surface area contributed by atoms with E-state index in [9.17, 15) is 0 Å². The van der Waals surface area contributed by atoms with Crippen LogP contribution in [-0.4, -0.2) is 0 Å². The van der Waals surface area contributed by atoms with E-state index in [2.05, 4.69) is 6.07 Å². The monoisotopic (exact) mass is 125 g/mol. The van der Waals surface area contributed by atoms with E-state index in [1.807, 2.05) is 30.3 Å². The average Bonchev–Trinajstić information content (AvgIpc) is 1.93. The summed E-state index contributed by atoms with van der Waals surface area (Å²) in [7, 11) is 0. The molecule has 1 rings (SSSR count). The van der Waals surface area contributed by atoms with Crippen LogP contribution in [0, 0.1) is 17.4 Å². The van der Waals surface area contributed by atoms with Crippen molar-refractivity contribution in [3.63, 3.8) is 0 Å². The molecule has 0 heterocycles. The third kappa shape index (κ3) is 10.3. The van der Waals surface area contributed by atoms with Crippen LogP contribution >= 0.6 is 0 Å². The van der Waals surface area contributed by atoms with Gasteiger partial charge in [-0.1, -0.05) is 0 Å². The fraction of sp³-hybridized carbons (Fsp3) is 0.125. The molecule has 0 spiro atoms. The molecule has 0 saturated heterocycles. The third-order valence-electron chi connectivity index (χ3n) is 0.607. The van der Waals surface area contributed by atoms with Gasteiger partial charge in [-0.05, 0) is 0 Å². The maximum Gasteiger partial charge on any atom is 1.00 e. The van der Waals surface area contributed by atoms with E-state index >= 15 is 0 Å². The molecule has 0 bridgehead atoms. The van der Waals surface area contributed by atoms with E-state index in [1.54, 1.807) is 6.07 Å². The average molecular weight is 125 g/mol. The fourth-order valence-corrected chi connectivity index (χ4v) is 0.342. The minimum atomic E-state index is 0. The maximum atomic E-state index is 7.32. The van der Waals surface area contributed by atoms with Gasteiger partial charge in [-0.15, -0.1) is 0 Å². The van der Waals surface area contributed by atoms with Crippen molar-refractivity contribution in [1.29, 1.82) is 5.26 Å². The summed E-state index contributed by atoms with van der Waals surface area (Å²) in [5, 5.41) is 7.32. The molecule has 1 aromatic carbocycles. The minimum absolute atomic E-state index is 0. The van der Waals surface area contributed by atoms with Gasteiger partial charge in [0.2, 0.25) is 0 Å². The van der Waals surface area contributed by atoms with Crippen molar-refractivity contribution >= 4 is 0 Å². The number of hydrogen-bond donors (Lipinski definition) is 0. The SMILES string of the molecule is CC#N.[Li+].[c-]1ccccc1. The molecule has 1 nitrogen and oxygen atoms in total. The molecule has 2 heteroatoms. The molecule has 0 atom stereocenters. The molecule has 0 radical (unpaired) electrons. The van der Waals surface area contributed by atoms with Gasteiger partial charge in [-0.3, -0.25) is 0 Å². The first-order chi connectivity index (χ1) is 4.41. The summed E-state index contributed by atoms with van der Waals surface area (Å²) in [4.78, 5) is 0. The van der Waals surface area contributed by atoms with Crippen LogP contribution < -0.4 is 18.9 Å². The molecule has 0 saturated carbocycles. The number of benzene rings is 1. The molecule has 10 heavy (non-hydrogen) atoms. The topological polar surface area (TPSA) is 23.8 Å². The van der Waals surface area contributed by atoms with Crippen LogP contribution in [0.15, 0.2) is 30.3 Å². The first-order valence-electron chi connectivity index (χ1n) is 2.63. The number of nitrogens with zero attached hydrogens (tertiary/aromatic N) is 1. The van der Waals surface area contributed by atoms with Crippen molar-refractivity contribution in [2.75, 3.05) is 0 Å². The molecular weight excluding hydrogens is 117 g/mol. The van der Waals surface area contributed by atoms with E-state index < -0.39 is 0 Å². The van der Waals surface area contributed by atoms with Crippen LogP contribution in [-0.2, 0) is 0 Å². The van der Waals surface area contributed by atoms with Crippen molar-refractivity contribution in [3.8, 4) is 6.07 Å². The minimum Gasteiger partial charge on any atom is -0.199 e. The first kappa shape index (κ1) is 12.0. The molecule has 0 amide bonds. The van der Waals surface area contributed by atoms with Crippen molar-refractivity contribution in [3.05, 3.63) is 36.4 Å². The summed E-state index contributed by atoms with van der Waals surface area (Å²) < 4.78 is 0. The molecule has 1 aromatic rings. The number of rotatable bonds is 0. The summed E-state index contributed by atoms with van der Waals surface area (Å²) in [6, 6.07) is 14.2. The fourth-order valence-electron chi connectivity index (χ4n) is 0.342. The van der Waals surface area contributed by atoms with Crippen LogP contribution in [0.25, 0.3) is 0 Å². The summed E-state index contributed by atoms with van der Waals surface area (Å²) >= 11 is 0. The zero-order chi connectivity index (χ0) is 6.95. The van der Waals surface area contributed by atoms with Crippen molar-refractivity contribution in [2.24, 2.45) is 0 Å². The van der Waals surface area contributed by atoms with E-state index in [1.165, 1.54) is 6.92 Å². The van der Waals surface area contributed by atoms with Crippen LogP contribution in [0.4, 0.5) is 0 Å². The van der Waals surface area contributed by atoms with Gasteiger partial charge in [0.25, 0.3) is 0 Å². The van der Waals surface area contributed by atoms with Gasteiger partial charge in [0.1, 0.15) is 0 Å². The number of nitriles is 1. The predicted molar refractivity (Wildman–Crippen MR) is 36.6 cm³/mol. The van der Waals surface area contributed by atoms with Gasteiger partial charge < -0.3 is 0 Å². The Kier molecular flexibility index (Phi) is 13.4. The largest absolute Gasteiger partial charge is 1.00 e. The second-order valence-corrected chi connectivity index (χ2v) is 1.30.